The summed E-state index contributed by atoms with van der Waals surface area (Å²) in [6.07, 6.45) is 3.96. The van der Waals surface area contributed by atoms with Crippen LogP contribution in [0.3, 0.4) is 0 Å². The topological polar surface area (TPSA) is 39.4 Å². The quantitative estimate of drug-likeness (QED) is 0.732. The van der Waals surface area contributed by atoms with Gasteiger partial charge in [-0.05, 0) is 49.6 Å². The summed E-state index contributed by atoms with van der Waals surface area (Å²) in [5, 5.41) is 0.978. The maximum atomic E-state index is 11.8. The Labute approximate surface area is 117 Å². The molecule has 3 nitrogen and oxygen atoms in total. The predicted molar refractivity (Wildman–Crippen MR) is 80.3 cm³/mol. The first-order valence-electron chi connectivity index (χ1n) is 6.86. The highest BCUT2D eigenvalue weighted by molar-refractivity contribution is 5.91. The first-order valence-corrected chi connectivity index (χ1v) is 6.86. The molecule has 104 valence electrons. The third kappa shape index (κ3) is 2.03. The van der Waals surface area contributed by atoms with Gasteiger partial charge in [0.25, 0.3) is 0 Å². The van der Waals surface area contributed by atoms with Crippen LogP contribution in [0, 0.1) is 0 Å². The highest BCUT2D eigenvalue weighted by atomic mass is 16.5. The Morgan fingerprint density at radius 3 is 2.65 bits per heavy atom. The monoisotopic (exact) mass is 270 g/mol. The number of hydrogen-bond donors (Lipinski definition) is 0. The minimum Gasteiger partial charge on any atom is -0.483 e. The lowest BCUT2D eigenvalue weighted by Gasteiger charge is -2.28. The van der Waals surface area contributed by atoms with E-state index in [1.807, 2.05) is 38.1 Å². The van der Waals surface area contributed by atoms with E-state index in [0.717, 1.165) is 22.3 Å². The van der Waals surface area contributed by atoms with Gasteiger partial charge in [0, 0.05) is 11.5 Å². The first-order chi connectivity index (χ1) is 9.37. The van der Waals surface area contributed by atoms with Crippen molar-refractivity contribution < 1.29 is 9.15 Å². The Bertz CT molecular complexity index is 764. The maximum absolute atomic E-state index is 11.8. The summed E-state index contributed by atoms with van der Waals surface area (Å²) in [5.74, 6) is 1.03. The highest BCUT2D eigenvalue weighted by Gasteiger charge is 2.24. The molecule has 0 amide bonds. The molecule has 1 aliphatic heterocycles. The number of fused-ring (bicyclic) bond motifs is 3. The van der Waals surface area contributed by atoms with Crippen LogP contribution in [-0.4, -0.2) is 5.60 Å². The standard InChI is InChI=1S/C17H18O3/c1-10(2)13-9-15(18)19-16-11(13)5-6-14-12(16)7-8-17(3,4)20-14/h5-10H,1-4H3. The van der Waals surface area contributed by atoms with Gasteiger partial charge in [-0.3, -0.25) is 0 Å². The highest BCUT2D eigenvalue weighted by Crippen LogP contribution is 2.37. The van der Waals surface area contributed by atoms with E-state index in [1.54, 1.807) is 6.07 Å². The molecule has 0 atom stereocenters. The fourth-order valence-electron chi connectivity index (χ4n) is 2.58. The number of benzene rings is 1. The maximum Gasteiger partial charge on any atom is 0.336 e. The average molecular weight is 270 g/mol. The molecule has 1 aromatic heterocycles. The zero-order valence-corrected chi connectivity index (χ0v) is 12.2. The fraction of sp³-hybridized carbons (Fsp3) is 0.353. The summed E-state index contributed by atoms with van der Waals surface area (Å²) in [4.78, 5) is 11.8. The van der Waals surface area contributed by atoms with Crippen LogP contribution in [0.2, 0.25) is 0 Å². The van der Waals surface area contributed by atoms with Crippen LogP contribution in [-0.2, 0) is 0 Å². The second kappa shape index (κ2) is 4.23. The summed E-state index contributed by atoms with van der Waals surface area (Å²) in [6.45, 7) is 8.14. The minimum absolute atomic E-state index is 0.268. The van der Waals surface area contributed by atoms with Crippen molar-refractivity contribution >= 4 is 17.0 Å². The van der Waals surface area contributed by atoms with Crippen LogP contribution in [0.5, 0.6) is 5.75 Å². The van der Waals surface area contributed by atoms with Gasteiger partial charge < -0.3 is 9.15 Å². The van der Waals surface area contributed by atoms with Crippen LogP contribution in [0.15, 0.2) is 33.5 Å². The van der Waals surface area contributed by atoms with Crippen molar-refractivity contribution in [2.45, 2.75) is 39.2 Å². The van der Waals surface area contributed by atoms with E-state index in [4.69, 9.17) is 9.15 Å². The number of rotatable bonds is 1. The molecule has 3 heteroatoms. The van der Waals surface area contributed by atoms with Crippen molar-refractivity contribution in [1.29, 1.82) is 0 Å². The van der Waals surface area contributed by atoms with E-state index < -0.39 is 0 Å². The zero-order chi connectivity index (χ0) is 14.5. The molecule has 0 radical (unpaired) electrons. The van der Waals surface area contributed by atoms with E-state index in [1.165, 1.54) is 0 Å². The van der Waals surface area contributed by atoms with Gasteiger partial charge in [-0.15, -0.1) is 0 Å². The molecule has 0 N–H and O–H groups in total. The molecule has 1 aromatic carbocycles. The normalized spacial score (nSPS) is 16.2. The van der Waals surface area contributed by atoms with Gasteiger partial charge in [0.05, 0.1) is 5.56 Å². The average Bonchev–Trinajstić information content (AvgIpc) is 2.35. The lowest BCUT2D eigenvalue weighted by molar-refractivity contribution is 0.159. The van der Waals surface area contributed by atoms with E-state index >= 15 is 0 Å². The molecule has 20 heavy (non-hydrogen) atoms. The van der Waals surface area contributed by atoms with Gasteiger partial charge in [0.1, 0.15) is 16.9 Å². The van der Waals surface area contributed by atoms with E-state index in [2.05, 4.69) is 13.8 Å². The predicted octanol–water partition coefficient (Wildman–Crippen LogP) is 4.10. The third-order valence-corrected chi connectivity index (χ3v) is 3.59. The van der Waals surface area contributed by atoms with Crippen LogP contribution in [0.25, 0.3) is 17.0 Å². The molecule has 0 saturated carbocycles. The van der Waals surface area contributed by atoms with Crippen molar-refractivity contribution in [3.63, 3.8) is 0 Å². The van der Waals surface area contributed by atoms with Crippen LogP contribution in [0.4, 0.5) is 0 Å². The lowest BCUT2D eigenvalue weighted by Crippen LogP contribution is -2.27. The summed E-state index contributed by atoms with van der Waals surface area (Å²) in [5.41, 5.74) is 1.83. The summed E-state index contributed by atoms with van der Waals surface area (Å²) < 4.78 is 11.4. The Hall–Kier alpha value is -2.03. The fourth-order valence-corrected chi connectivity index (χ4v) is 2.58. The van der Waals surface area contributed by atoms with Gasteiger partial charge in [-0.25, -0.2) is 4.79 Å². The summed E-state index contributed by atoms with van der Waals surface area (Å²) in [6, 6.07) is 5.51. The molecular formula is C17H18O3. The Morgan fingerprint density at radius 2 is 1.95 bits per heavy atom. The molecule has 2 aromatic rings. The van der Waals surface area contributed by atoms with Crippen molar-refractivity contribution in [2.24, 2.45) is 0 Å². The van der Waals surface area contributed by atoms with Gasteiger partial charge in [0.2, 0.25) is 0 Å². The summed E-state index contributed by atoms with van der Waals surface area (Å²) in [7, 11) is 0. The molecule has 0 saturated heterocycles. The van der Waals surface area contributed by atoms with Crippen LogP contribution >= 0.6 is 0 Å². The minimum atomic E-state index is -0.337. The Kier molecular flexibility index (Phi) is 2.75. The van der Waals surface area contributed by atoms with E-state index in [-0.39, 0.29) is 17.1 Å². The van der Waals surface area contributed by atoms with Crippen molar-refractivity contribution in [3.05, 3.63) is 45.8 Å². The van der Waals surface area contributed by atoms with Gasteiger partial charge in [0.15, 0.2) is 0 Å². The summed E-state index contributed by atoms with van der Waals surface area (Å²) >= 11 is 0. The molecule has 1 aliphatic rings. The second-order valence-electron chi connectivity index (χ2n) is 6.07. The Balaban J connectivity index is 2.35. The third-order valence-electron chi connectivity index (χ3n) is 3.59. The molecule has 0 unspecified atom stereocenters. The van der Waals surface area contributed by atoms with Crippen LogP contribution < -0.4 is 10.4 Å². The second-order valence-corrected chi connectivity index (χ2v) is 6.07. The van der Waals surface area contributed by atoms with E-state index in [9.17, 15) is 4.79 Å². The van der Waals surface area contributed by atoms with Crippen molar-refractivity contribution in [2.75, 3.05) is 0 Å². The Morgan fingerprint density at radius 1 is 1.20 bits per heavy atom. The van der Waals surface area contributed by atoms with Gasteiger partial charge in [-0.2, -0.15) is 0 Å². The molecule has 2 heterocycles. The van der Waals surface area contributed by atoms with Crippen LogP contribution in [0.1, 0.15) is 44.7 Å². The molecular weight excluding hydrogens is 252 g/mol. The molecule has 0 aliphatic carbocycles. The van der Waals surface area contributed by atoms with Gasteiger partial charge in [-0.1, -0.05) is 13.8 Å². The van der Waals surface area contributed by atoms with E-state index in [0.29, 0.717) is 5.58 Å². The molecule has 0 fully saturated rings. The lowest BCUT2D eigenvalue weighted by atomic mass is 9.95. The number of ether oxygens (including phenoxy) is 1. The molecule has 0 bridgehead atoms. The molecule has 3 rings (SSSR count). The molecule has 0 spiro atoms. The zero-order valence-electron chi connectivity index (χ0n) is 12.2. The van der Waals surface area contributed by atoms with Gasteiger partial charge >= 0.3 is 5.63 Å². The van der Waals surface area contributed by atoms with Crippen molar-refractivity contribution in [1.82, 2.24) is 0 Å². The number of hydrogen-bond acceptors (Lipinski definition) is 3. The van der Waals surface area contributed by atoms with Crippen molar-refractivity contribution in [3.8, 4) is 5.75 Å². The largest absolute Gasteiger partial charge is 0.483 e. The smallest absolute Gasteiger partial charge is 0.336 e. The SMILES string of the molecule is CC(C)c1cc(=O)oc2c3c(ccc12)OC(C)(C)C=C3. The first kappa shape index (κ1) is 13.0.